The zero-order valence-corrected chi connectivity index (χ0v) is 18.6. The Kier molecular flexibility index (Phi) is 5.59. The summed E-state index contributed by atoms with van der Waals surface area (Å²) in [5.41, 5.74) is 2.33. The van der Waals surface area contributed by atoms with Gasteiger partial charge >= 0.3 is 0 Å². The largest absolute Gasteiger partial charge is 0.495 e. The van der Waals surface area contributed by atoms with Gasteiger partial charge in [0.1, 0.15) is 27.4 Å². The van der Waals surface area contributed by atoms with Crippen LogP contribution in [-0.4, -0.2) is 54.3 Å². The molecule has 2 aromatic carbocycles. The second-order valence-corrected chi connectivity index (χ2v) is 8.42. The minimum atomic E-state index is -0.268. The molecule has 4 aromatic rings. The first-order chi connectivity index (χ1) is 15.7. The number of thiazole rings is 1. The van der Waals surface area contributed by atoms with Gasteiger partial charge in [0.25, 0.3) is 5.91 Å². The van der Waals surface area contributed by atoms with Crippen LogP contribution in [0.2, 0.25) is 0 Å². The van der Waals surface area contributed by atoms with E-state index in [0.29, 0.717) is 40.8 Å². The van der Waals surface area contributed by atoms with Gasteiger partial charge in [-0.15, -0.1) is 0 Å². The summed E-state index contributed by atoms with van der Waals surface area (Å²) in [6.07, 6.45) is 3.33. The van der Waals surface area contributed by atoms with Gasteiger partial charge in [-0.2, -0.15) is 0 Å². The number of amides is 1. The zero-order chi connectivity index (χ0) is 22.1. The van der Waals surface area contributed by atoms with Crippen LogP contribution in [0.25, 0.3) is 21.3 Å². The summed E-state index contributed by atoms with van der Waals surface area (Å²) in [4.78, 5) is 29.0. The van der Waals surface area contributed by atoms with Gasteiger partial charge in [0, 0.05) is 6.61 Å². The molecule has 3 heterocycles. The molecule has 1 amide bonds. The predicted molar refractivity (Wildman–Crippen MR) is 123 cm³/mol. The molecule has 5 rings (SSSR count). The van der Waals surface area contributed by atoms with Gasteiger partial charge in [-0.25, -0.2) is 9.97 Å². The molecule has 0 radical (unpaired) electrons. The Bertz CT molecular complexity index is 1240. The maximum atomic E-state index is 13.6. The number of aromatic nitrogens is 3. The number of anilines is 1. The van der Waals surface area contributed by atoms with Gasteiger partial charge in [0.2, 0.25) is 0 Å². The van der Waals surface area contributed by atoms with Crippen molar-refractivity contribution < 1.29 is 19.0 Å². The SMILES string of the molecule is COc1ccc(OC)c2sc(N(C[C@H]3CCCO3)C(=O)c3cnc4ccccc4n3)nc12. The molecule has 164 valence electrons. The van der Waals surface area contributed by atoms with Crippen LogP contribution in [-0.2, 0) is 4.74 Å². The average Bonchev–Trinajstić information content (AvgIpc) is 3.51. The number of fused-ring (bicyclic) bond motifs is 2. The van der Waals surface area contributed by atoms with Crippen molar-refractivity contribution >= 4 is 43.6 Å². The van der Waals surface area contributed by atoms with E-state index in [0.717, 1.165) is 23.1 Å². The van der Waals surface area contributed by atoms with Crippen LogP contribution in [0.3, 0.4) is 0 Å². The molecule has 0 saturated carbocycles. The Morgan fingerprint density at radius 1 is 1.12 bits per heavy atom. The molecule has 1 atom stereocenters. The number of benzene rings is 2. The van der Waals surface area contributed by atoms with E-state index in [1.54, 1.807) is 19.1 Å². The van der Waals surface area contributed by atoms with E-state index in [1.165, 1.54) is 17.5 Å². The second-order valence-electron chi connectivity index (χ2n) is 7.44. The highest BCUT2D eigenvalue weighted by Gasteiger charge is 2.29. The summed E-state index contributed by atoms with van der Waals surface area (Å²) >= 11 is 1.38. The van der Waals surface area contributed by atoms with E-state index in [1.807, 2.05) is 36.4 Å². The van der Waals surface area contributed by atoms with Gasteiger partial charge in [-0.1, -0.05) is 23.5 Å². The number of rotatable bonds is 6. The van der Waals surface area contributed by atoms with Gasteiger partial charge in [-0.05, 0) is 37.1 Å². The molecule has 0 bridgehead atoms. The highest BCUT2D eigenvalue weighted by atomic mass is 32.1. The second kappa shape index (κ2) is 8.68. The first-order valence-electron chi connectivity index (χ1n) is 10.3. The number of hydrogen-bond donors (Lipinski definition) is 0. The number of hydrogen-bond acceptors (Lipinski definition) is 8. The number of para-hydroxylation sites is 2. The van der Waals surface area contributed by atoms with Crippen molar-refractivity contribution in [2.45, 2.75) is 18.9 Å². The number of carbonyl (C=O) groups excluding carboxylic acids is 1. The van der Waals surface area contributed by atoms with Crippen LogP contribution in [0.5, 0.6) is 11.5 Å². The normalized spacial score (nSPS) is 15.9. The van der Waals surface area contributed by atoms with E-state index in [9.17, 15) is 4.79 Å². The van der Waals surface area contributed by atoms with E-state index >= 15 is 0 Å². The third-order valence-electron chi connectivity index (χ3n) is 5.45. The maximum Gasteiger partial charge on any atom is 0.280 e. The van der Waals surface area contributed by atoms with Crippen LogP contribution in [0.4, 0.5) is 5.13 Å². The Morgan fingerprint density at radius 2 is 1.91 bits per heavy atom. The zero-order valence-electron chi connectivity index (χ0n) is 17.8. The highest BCUT2D eigenvalue weighted by molar-refractivity contribution is 7.22. The standard InChI is InChI=1S/C23H22N4O4S/c1-29-18-9-10-19(30-2)21-20(18)26-23(32-21)27(13-14-6-5-11-31-14)22(28)17-12-24-15-7-3-4-8-16(15)25-17/h3-4,7-10,12,14H,5-6,11,13H2,1-2H3/t14-/m1/s1. The molecule has 0 N–H and O–H groups in total. The number of nitrogens with zero attached hydrogens (tertiary/aromatic N) is 4. The highest BCUT2D eigenvalue weighted by Crippen LogP contribution is 2.40. The average molecular weight is 451 g/mol. The lowest BCUT2D eigenvalue weighted by Crippen LogP contribution is -2.38. The first kappa shape index (κ1) is 20.6. The Morgan fingerprint density at radius 3 is 2.66 bits per heavy atom. The molecule has 1 fully saturated rings. The van der Waals surface area contributed by atoms with Gasteiger partial charge in [0.15, 0.2) is 5.13 Å². The maximum absolute atomic E-state index is 13.6. The van der Waals surface area contributed by atoms with E-state index in [4.69, 9.17) is 19.2 Å². The van der Waals surface area contributed by atoms with Crippen molar-refractivity contribution in [1.82, 2.24) is 15.0 Å². The van der Waals surface area contributed by atoms with Gasteiger partial charge < -0.3 is 14.2 Å². The lowest BCUT2D eigenvalue weighted by atomic mass is 10.2. The van der Waals surface area contributed by atoms with Crippen molar-refractivity contribution in [3.8, 4) is 11.5 Å². The fourth-order valence-corrected chi connectivity index (χ4v) is 4.91. The Labute approximate surface area is 188 Å². The quantitative estimate of drug-likeness (QED) is 0.437. The van der Waals surface area contributed by atoms with Crippen molar-refractivity contribution in [1.29, 1.82) is 0 Å². The summed E-state index contributed by atoms with van der Waals surface area (Å²) in [5, 5.41) is 0.540. The Balaban J connectivity index is 1.59. The molecule has 1 aliphatic heterocycles. The van der Waals surface area contributed by atoms with Crippen molar-refractivity contribution in [2.75, 3.05) is 32.3 Å². The van der Waals surface area contributed by atoms with Crippen molar-refractivity contribution in [2.24, 2.45) is 0 Å². The molecule has 2 aromatic heterocycles. The number of ether oxygens (including phenoxy) is 3. The molecule has 9 heteroatoms. The van der Waals surface area contributed by atoms with E-state index in [2.05, 4.69) is 9.97 Å². The molecule has 0 aliphatic carbocycles. The third-order valence-corrected chi connectivity index (χ3v) is 6.55. The van der Waals surface area contributed by atoms with Gasteiger partial charge in [-0.3, -0.25) is 14.7 Å². The molecule has 32 heavy (non-hydrogen) atoms. The van der Waals surface area contributed by atoms with Crippen LogP contribution in [0.1, 0.15) is 23.3 Å². The van der Waals surface area contributed by atoms with E-state index in [-0.39, 0.29) is 17.7 Å². The van der Waals surface area contributed by atoms with Crippen LogP contribution < -0.4 is 14.4 Å². The van der Waals surface area contributed by atoms with Crippen LogP contribution in [0, 0.1) is 0 Å². The summed E-state index contributed by atoms with van der Waals surface area (Å²) < 4.78 is 17.6. The fraction of sp³-hybridized carbons (Fsp3) is 0.304. The molecular formula is C23H22N4O4S. The molecule has 8 nitrogen and oxygen atoms in total. The Hall–Kier alpha value is -3.30. The van der Waals surface area contributed by atoms with Crippen LogP contribution in [0.15, 0.2) is 42.6 Å². The number of carbonyl (C=O) groups is 1. The first-order valence-corrected chi connectivity index (χ1v) is 11.2. The molecule has 0 unspecified atom stereocenters. The lowest BCUT2D eigenvalue weighted by molar-refractivity contribution is 0.0913. The third kappa shape index (κ3) is 3.74. The molecule has 1 aliphatic rings. The van der Waals surface area contributed by atoms with Crippen molar-refractivity contribution in [3.05, 3.63) is 48.3 Å². The van der Waals surface area contributed by atoms with E-state index < -0.39 is 0 Å². The van der Waals surface area contributed by atoms with Crippen LogP contribution >= 0.6 is 11.3 Å². The van der Waals surface area contributed by atoms with Crippen molar-refractivity contribution in [3.63, 3.8) is 0 Å². The molecule has 1 saturated heterocycles. The summed E-state index contributed by atoms with van der Waals surface area (Å²) in [7, 11) is 3.21. The lowest BCUT2D eigenvalue weighted by Gasteiger charge is -2.22. The summed E-state index contributed by atoms with van der Waals surface area (Å²) in [5.74, 6) is 1.04. The van der Waals surface area contributed by atoms with Gasteiger partial charge in [0.05, 0.1) is 44.1 Å². The minimum absolute atomic E-state index is 0.0526. The smallest absolute Gasteiger partial charge is 0.280 e. The molecular weight excluding hydrogens is 428 g/mol. The predicted octanol–water partition coefficient (Wildman–Crippen LogP) is 4.08. The summed E-state index contributed by atoms with van der Waals surface area (Å²) in [6.45, 7) is 1.09. The minimum Gasteiger partial charge on any atom is -0.495 e. The monoisotopic (exact) mass is 450 g/mol. The fourth-order valence-electron chi connectivity index (χ4n) is 3.83. The molecule has 0 spiro atoms. The summed E-state index contributed by atoms with van der Waals surface area (Å²) in [6, 6.07) is 11.1. The topological polar surface area (TPSA) is 86.7 Å². The number of methoxy groups -OCH3 is 2.